The van der Waals surface area contributed by atoms with Gasteiger partial charge in [0.25, 0.3) is 0 Å². The van der Waals surface area contributed by atoms with E-state index in [4.69, 9.17) is 45.0 Å². The zero-order valence-electron chi connectivity index (χ0n) is 10.5. The Morgan fingerprint density at radius 1 is 1.43 bits per heavy atom. The first-order chi connectivity index (χ1) is 9.79. The van der Waals surface area contributed by atoms with Crippen LogP contribution in [0.15, 0.2) is 39.8 Å². The fraction of sp³-hybridized carbons (Fsp3) is 0.0833. The van der Waals surface area contributed by atoms with Crippen LogP contribution in [-0.4, -0.2) is 12.7 Å². The smallest absolute Gasteiger partial charge is 0.239 e. The highest BCUT2D eigenvalue weighted by molar-refractivity contribution is 7.89. The topological polar surface area (TPSA) is 85.3 Å². The second-order valence-electron chi connectivity index (χ2n) is 4.08. The molecule has 0 bridgehead atoms. The van der Waals surface area contributed by atoms with Crippen molar-refractivity contribution in [3.05, 3.63) is 46.9 Å². The molecule has 0 spiro atoms. The van der Waals surface area contributed by atoms with Crippen LogP contribution < -0.4 is 10.5 Å². The van der Waals surface area contributed by atoms with Gasteiger partial charge in [0.1, 0.15) is 15.0 Å². The van der Waals surface area contributed by atoms with Crippen LogP contribution in [0.4, 0.5) is 5.69 Å². The third-order valence-corrected chi connectivity index (χ3v) is 4.42. The van der Waals surface area contributed by atoms with Crippen molar-refractivity contribution in [2.24, 2.45) is 5.14 Å². The summed E-state index contributed by atoms with van der Waals surface area (Å²) in [5.41, 5.74) is 0.815. The maximum atomic E-state index is 11.5. The number of benzene rings is 1. The number of hydrogen-bond acceptors (Lipinski definition) is 5. The van der Waals surface area contributed by atoms with E-state index >= 15 is 0 Å². The summed E-state index contributed by atoms with van der Waals surface area (Å²) in [4.78, 5) is -0.231. The zero-order valence-corrected chi connectivity index (χ0v) is 13.6. The first-order valence-electron chi connectivity index (χ1n) is 5.61. The number of sulfonamides is 1. The number of hydrogen-bond donors (Lipinski definition) is 2. The van der Waals surface area contributed by atoms with Crippen LogP contribution in [0.5, 0.6) is 0 Å². The van der Waals surface area contributed by atoms with Gasteiger partial charge in [-0.25, -0.2) is 13.6 Å². The van der Waals surface area contributed by atoms with Crippen molar-refractivity contribution in [2.75, 3.05) is 5.32 Å². The van der Waals surface area contributed by atoms with Crippen molar-refractivity contribution >= 4 is 55.5 Å². The average molecular weight is 365 g/mol. The molecule has 5 nitrogen and oxygen atoms in total. The summed E-state index contributed by atoms with van der Waals surface area (Å²) in [5.74, 6) is 0.688. The Labute approximate surface area is 137 Å². The molecule has 0 amide bonds. The van der Waals surface area contributed by atoms with E-state index in [9.17, 15) is 8.42 Å². The highest BCUT2D eigenvalue weighted by atomic mass is 35.5. The first kappa shape index (κ1) is 16.3. The molecule has 0 aliphatic carbocycles. The van der Waals surface area contributed by atoms with Crippen LogP contribution in [0.25, 0.3) is 0 Å². The first-order valence-corrected chi connectivity index (χ1v) is 8.32. The second-order valence-corrected chi connectivity index (χ2v) is 7.03. The number of rotatable bonds is 5. The van der Waals surface area contributed by atoms with E-state index in [0.29, 0.717) is 23.6 Å². The van der Waals surface area contributed by atoms with Crippen molar-refractivity contribution in [3.63, 3.8) is 0 Å². The predicted octanol–water partition coefficient (Wildman–Crippen LogP) is 3.11. The highest BCUT2D eigenvalue weighted by Gasteiger charge is 2.18. The average Bonchev–Trinajstić information content (AvgIpc) is 2.87. The number of nitrogens with two attached hydrogens (primary N) is 1. The SMILES string of the molecule is NS(=O)(=O)c1cc(C(=S)Cl)c(NCc2ccco2)cc1Cl. The van der Waals surface area contributed by atoms with Gasteiger partial charge in [-0.1, -0.05) is 35.4 Å². The second kappa shape index (κ2) is 6.33. The molecule has 0 unspecified atom stereocenters. The van der Waals surface area contributed by atoms with Crippen molar-refractivity contribution in [2.45, 2.75) is 11.4 Å². The molecule has 0 atom stereocenters. The lowest BCUT2D eigenvalue weighted by Gasteiger charge is -2.12. The van der Waals surface area contributed by atoms with Gasteiger partial charge < -0.3 is 9.73 Å². The van der Waals surface area contributed by atoms with E-state index in [-0.39, 0.29) is 14.2 Å². The predicted molar refractivity (Wildman–Crippen MR) is 86.4 cm³/mol. The van der Waals surface area contributed by atoms with Crippen molar-refractivity contribution < 1.29 is 12.8 Å². The number of halogens is 2. The van der Waals surface area contributed by atoms with Gasteiger partial charge in [0.2, 0.25) is 10.0 Å². The van der Waals surface area contributed by atoms with Gasteiger partial charge in [0.15, 0.2) is 0 Å². The van der Waals surface area contributed by atoms with Crippen LogP contribution in [-0.2, 0) is 16.6 Å². The third-order valence-electron chi connectivity index (χ3n) is 2.62. The molecular formula is C12H10Cl2N2O3S2. The van der Waals surface area contributed by atoms with E-state index in [1.54, 1.807) is 18.4 Å². The van der Waals surface area contributed by atoms with Gasteiger partial charge in [0.05, 0.1) is 17.8 Å². The maximum absolute atomic E-state index is 11.5. The Morgan fingerprint density at radius 2 is 2.14 bits per heavy atom. The van der Waals surface area contributed by atoms with Crippen LogP contribution in [0.1, 0.15) is 11.3 Å². The summed E-state index contributed by atoms with van der Waals surface area (Å²) < 4.78 is 28.1. The fourth-order valence-electron chi connectivity index (χ4n) is 1.68. The summed E-state index contributed by atoms with van der Waals surface area (Å²) in [5, 5.41) is 8.11. The quantitative estimate of drug-likeness (QED) is 0.628. The van der Waals surface area contributed by atoms with E-state index < -0.39 is 10.0 Å². The Hall–Kier alpha value is -1.12. The normalized spacial score (nSPS) is 11.4. The molecule has 1 aromatic heterocycles. The van der Waals surface area contributed by atoms with Crippen LogP contribution in [0.3, 0.4) is 0 Å². The molecule has 0 radical (unpaired) electrons. The van der Waals surface area contributed by atoms with E-state index in [2.05, 4.69) is 5.32 Å². The minimum Gasteiger partial charge on any atom is -0.467 e. The van der Waals surface area contributed by atoms with Gasteiger partial charge in [-0.3, -0.25) is 0 Å². The molecule has 1 aromatic carbocycles. The van der Waals surface area contributed by atoms with Crippen LogP contribution >= 0.6 is 35.4 Å². The maximum Gasteiger partial charge on any atom is 0.239 e. The minimum atomic E-state index is -3.96. The van der Waals surface area contributed by atoms with Gasteiger partial charge in [0, 0.05) is 11.3 Å². The molecule has 0 fully saturated rings. The molecule has 0 saturated carbocycles. The number of anilines is 1. The van der Waals surface area contributed by atoms with Gasteiger partial charge in [-0.15, -0.1) is 0 Å². The minimum absolute atomic E-state index is 0.00138. The Balaban J connectivity index is 2.41. The number of thiocarbonyl (C=S) groups is 1. The summed E-state index contributed by atoms with van der Waals surface area (Å²) in [6, 6.07) is 6.19. The molecule has 3 N–H and O–H groups in total. The number of furan rings is 1. The largest absolute Gasteiger partial charge is 0.467 e. The van der Waals surface area contributed by atoms with Gasteiger partial charge in [-0.2, -0.15) is 0 Å². The number of primary sulfonamides is 1. The van der Waals surface area contributed by atoms with E-state index in [0.717, 1.165) is 0 Å². The van der Waals surface area contributed by atoms with E-state index in [1.165, 1.54) is 12.1 Å². The standard InChI is InChI=1S/C12H10Cl2N2O3S2/c13-9-5-10(16-6-7-2-1-3-19-7)8(12(14)20)4-11(9)21(15,17)18/h1-5,16H,6H2,(H2,15,17,18). The van der Waals surface area contributed by atoms with Crippen LogP contribution in [0, 0.1) is 0 Å². The summed E-state index contributed by atoms with van der Waals surface area (Å²) in [6.45, 7) is 0.366. The Kier molecular flexibility index (Phi) is 4.90. The summed E-state index contributed by atoms with van der Waals surface area (Å²) >= 11 is 16.7. The lowest BCUT2D eigenvalue weighted by atomic mass is 10.2. The molecule has 112 valence electrons. The fourth-order valence-corrected chi connectivity index (χ4v) is 3.10. The molecule has 0 saturated heterocycles. The summed E-state index contributed by atoms with van der Waals surface area (Å²) in [6.07, 6.45) is 1.54. The van der Waals surface area contributed by atoms with Crippen molar-refractivity contribution in [1.82, 2.24) is 0 Å². The highest BCUT2D eigenvalue weighted by Crippen LogP contribution is 2.30. The van der Waals surface area contributed by atoms with Crippen molar-refractivity contribution in [1.29, 1.82) is 0 Å². The molecule has 21 heavy (non-hydrogen) atoms. The van der Waals surface area contributed by atoms with E-state index in [1.807, 2.05) is 0 Å². The number of nitrogens with one attached hydrogen (secondary N) is 1. The molecule has 2 rings (SSSR count). The molecule has 0 aliphatic rings. The molecule has 9 heteroatoms. The van der Waals surface area contributed by atoms with Crippen LogP contribution in [0.2, 0.25) is 5.02 Å². The molecule has 1 heterocycles. The zero-order chi connectivity index (χ0) is 15.6. The Bertz CT molecular complexity index is 774. The lowest BCUT2D eigenvalue weighted by molar-refractivity contribution is 0.518. The van der Waals surface area contributed by atoms with Crippen molar-refractivity contribution in [3.8, 4) is 0 Å². The molecule has 2 aromatic rings. The monoisotopic (exact) mass is 364 g/mol. The summed E-state index contributed by atoms with van der Waals surface area (Å²) in [7, 11) is -3.96. The third kappa shape index (κ3) is 3.96. The van der Waals surface area contributed by atoms with Gasteiger partial charge in [-0.05, 0) is 24.3 Å². The molecule has 0 aliphatic heterocycles. The lowest BCUT2D eigenvalue weighted by Crippen LogP contribution is -2.14. The Morgan fingerprint density at radius 3 is 2.67 bits per heavy atom. The van der Waals surface area contributed by atoms with Gasteiger partial charge >= 0.3 is 0 Å². The molecular weight excluding hydrogens is 355 g/mol.